The van der Waals surface area contributed by atoms with Crippen molar-refractivity contribution in [1.29, 1.82) is 0 Å². The Hall–Kier alpha value is -2.12. The summed E-state index contributed by atoms with van der Waals surface area (Å²) in [6.07, 6.45) is 0.990. The molecule has 0 amide bonds. The summed E-state index contributed by atoms with van der Waals surface area (Å²) < 4.78 is 1.48. The predicted molar refractivity (Wildman–Crippen MR) is 69.2 cm³/mol. The minimum absolute atomic E-state index is 0.112. The summed E-state index contributed by atoms with van der Waals surface area (Å²) in [4.78, 5) is 25.5. The van der Waals surface area contributed by atoms with E-state index in [1.165, 1.54) is 11.5 Å². The first-order valence-corrected chi connectivity index (χ1v) is 5.92. The lowest BCUT2D eigenvalue weighted by atomic mass is 9.96. The number of nitrogens with zero attached hydrogens (tertiary/aromatic N) is 3. The van der Waals surface area contributed by atoms with E-state index in [2.05, 4.69) is 10.3 Å². The average molecular weight is 270 g/mol. The molecule has 0 aliphatic rings. The van der Waals surface area contributed by atoms with Gasteiger partial charge in [-0.25, -0.2) is 4.79 Å². The zero-order valence-corrected chi connectivity index (χ0v) is 11.4. The molecule has 1 aromatic rings. The maximum Gasteiger partial charge on any atom is 0.406 e. The van der Waals surface area contributed by atoms with Crippen LogP contribution in [0.25, 0.3) is 0 Å². The summed E-state index contributed by atoms with van der Waals surface area (Å²) >= 11 is 0. The molecule has 8 nitrogen and oxygen atoms in total. The molecule has 0 saturated carbocycles. The van der Waals surface area contributed by atoms with Crippen LogP contribution in [0.4, 0.5) is 11.6 Å². The summed E-state index contributed by atoms with van der Waals surface area (Å²) in [5.74, 6) is -0.856. The van der Waals surface area contributed by atoms with E-state index < -0.39 is 16.4 Å². The molecule has 19 heavy (non-hydrogen) atoms. The van der Waals surface area contributed by atoms with Crippen LogP contribution in [0.2, 0.25) is 0 Å². The Morgan fingerprint density at radius 2 is 2.21 bits per heavy atom. The van der Waals surface area contributed by atoms with E-state index >= 15 is 0 Å². The minimum atomic E-state index is -1.26. The lowest BCUT2D eigenvalue weighted by molar-refractivity contribution is -0.388. The number of rotatable bonds is 6. The van der Waals surface area contributed by atoms with E-state index in [1.54, 1.807) is 14.0 Å². The Kier molecular flexibility index (Phi) is 4.13. The zero-order chi connectivity index (χ0) is 14.8. The van der Waals surface area contributed by atoms with Gasteiger partial charge in [-0.3, -0.25) is 4.57 Å². The maximum atomic E-state index is 11.4. The van der Waals surface area contributed by atoms with Crippen molar-refractivity contribution >= 4 is 17.6 Å². The van der Waals surface area contributed by atoms with Gasteiger partial charge in [0, 0.05) is 14.0 Å². The van der Waals surface area contributed by atoms with Gasteiger partial charge in [0.15, 0.2) is 0 Å². The Morgan fingerprint density at radius 1 is 1.63 bits per heavy atom. The topological polar surface area (TPSA) is 110 Å². The van der Waals surface area contributed by atoms with Crippen LogP contribution in [0.5, 0.6) is 0 Å². The van der Waals surface area contributed by atoms with Crippen molar-refractivity contribution in [3.63, 3.8) is 0 Å². The molecule has 0 spiro atoms. The second-order valence-corrected chi connectivity index (χ2v) is 4.66. The van der Waals surface area contributed by atoms with Gasteiger partial charge >= 0.3 is 11.8 Å². The van der Waals surface area contributed by atoms with Gasteiger partial charge in [-0.1, -0.05) is 13.3 Å². The van der Waals surface area contributed by atoms with Crippen LogP contribution in [0.3, 0.4) is 0 Å². The molecule has 2 N–H and O–H groups in total. The Balaban J connectivity index is 3.23. The number of carboxylic acid groups (broad SMARTS) is 1. The number of hydrogen-bond donors (Lipinski definition) is 2. The number of nitrogens with one attached hydrogen (secondary N) is 1. The smallest absolute Gasteiger partial charge is 0.406 e. The van der Waals surface area contributed by atoms with E-state index in [9.17, 15) is 20.0 Å². The molecule has 1 rings (SSSR count). The number of carbonyl (C=O) groups is 1. The fourth-order valence-electron chi connectivity index (χ4n) is 1.84. The normalized spacial score (nSPS) is 13.9. The molecular weight excluding hydrogens is 252 g/mol. The summed E-state index contributed by atoms with van der Waals surface area (Å²) in [5, 5.41) is 23.0. The number of anilines is 1. The lowest BCUT2D eigenvalue weighted by Crippen LogP contribution is -2.43. The standard InChI is InChI=1S/C11H18N4O4/c1-5-6-11(3,10(16)17)13-9-8(15(18)19)12-7(2)14(9)4/h13H,5-6H2,1-4H3,(H,16,17). The van der Waals surface area contributed by atoms with Crippen LogP contribution in [0, 0.1) is 17.0 Å². The molecule has 0 fully saturated rings. The van der Waals surface area contributed by atoms with Crippen molar-refractivity contribution in [3.05, 3.63) is 15.9 Å². The lowest BCUT2D eigenvalue weighted by Gasteiger charge is -2.26. The van der Waals surface area contributed by atoms with Crippen molar-refractivity contribution in [2.24, 2.45) is 7.05 Å². The molecule has 0 radical (unpaired) electrons. The van der Waals surface area contributed by atoms with Gasteiger partial charge in [-0.05, 0) is 23.3 Å². The van der Waals surface area contributed by atoms with E-state index in [4.69, 9.17) is 0 Å². The van der Waals surface area contributed by atoms with E-state index in [1.807, 2.05) is 6.92 Å². The third-order valence-corrected chi connectivity index (χ3v) is 3.09. The number of carboxylic acids is 1. The molecule has 1 unspecified atom stereocenters. The van der Waals surface area contributed by atoms with Crippen molar-refractivity contribution in [2.75, 3.05) is 5.32 Å². The quantitative estimate of drug-likeness (QED) is 0.601. The summed E-state index contributed by atoms with van der Waals surface area (Å²) in [5.41, 5.74) is -1.26. The third-order valence-electron chi connectivity index (χ3n) is 3.09. The van der Waals surface area contributed by atoms with Gasteiger partial charge in [0.2, 0.25) is 11.6 Å². The largest absolute Gasteiger partial charge is 0.480 e. The highest BCUT2D eigenvalue weighted by molar-refractivity contribution is 5.82. The first-order chi connectivity index (χ1) is 8.73. The molecule has 0 aliphatic carbocycles. The SMILES string of the molecule is CCCC(C)(Nc1c([N+](=O)[O-])nc(C)n1C)C(=O)O. The Morgan fingerprint density at radius 3 is 2.63 bits per heavy atom. The third kappa shape index (κ3) is 2.83. The van der Waals surface area contributed by atoms with Crippen molar-refractivity contribution in [1.82, 2.24) is 9.55 Å². The number of aryl methyl sites for hydroxylation is 1. The second kappa shape index (κ2) is 5.25. The van der Waals surface area contributed by atoms with Crippen LogP contribution >= 0.6 is 0 Å². The predicted octanol–water partition coefficient (Wildman–Crippen LogP) is 1.69. The molecule has 0 aromatic carbocycles. The van der Waals surface area contributed by atoms with E-state index in [-0.39, 0.29) is 11.6 Å². The highest BCUT2D eigenvalue weighted by Gasteiger charge is 2.36. The highest BCUT2D eigenvalue weighted by atomic mass is 16.6. The van der Waals surface area contributed by atoms with Crippen molar-refractivity contribution in [2.45, 2.75) is 39.2 Å². The fourth-order valence-corrected chi connectivity index (χ4v) is 1.84. The van der Waals surface area contributed by atoms with Gasteiger partial charge in [0.1, 0.15) is 5.54 Å². The molecule has 0 saturated heterocycles. The summed E-state index contributed by atoms with van der Waals surface area (Å²) in [7, 11) is 1.60. The average Bonchev–Trinajstić information content (AvgIpc) is 2.57. The first kappa shape index (κ1) is 14.9. The maximum absolute atomic E-state index is 11.4. The van der Waals surface area contributed by atoms with Crippen molar-refractivity contribution < 1.29 is 14.8 Å². The molecule has 8 heteroatoms. The van der Waals surface area contributed by atoms with E-state index in [0.717, 1.165) is 0 Å². The van der Waals surface area contributed by atoms with Gasteiger partial charge in [0.05, 0.1) is 0 Å². The highest BCUT2D eigenvalue weighted by Crippen LogP contribution is 2.28. The van der Waals surface area contributed by atoms with Crippen LogP contribution in [-0.2, 0) is 11.8 Å². The number of imidazole rings is 1. The van der Waals surface area contributed by atoms with Gasteiger partial charge in [-0.15, -0.1) is 0 Å². The Bertz CT molecular complexity index is 511. The first-order valence-electron chi connectivity index (χ1n) is 5.92. The van der Waals surface area contributed by atoms with Crippen LogP contribution in [0.15, 0.2) is 0 Å². The van der Waals surface area contributed by atoms with Crippen LogP contribution < -0.4 is 5.32 Å². The minimum Gasteiger partial charge on any atom is -0.480 e. The molecule has 1 atom stereocenters. The summed E-state index contributed by atoms with van der Waals surface area (Å²) in [6, 6.07) is 0. The number of hydrogen-bond acceptors (Lipinski definition) is 5. The number of aromatic nitrogens is 2. The zero-order valence-electron chi connectivity index (χ0n) is 11.4. The Labute approximate surface area is 110 Å². The van der Waals surface area contributed by atoms with Gasteiger partial charge in [-0.2, -0.15) is 0 Å². The van der Waals surface area contributed by atoms with Gasteiger partial charge in [0.25, 0.3) is 0 Å². The fraction of sp³-hybridized carbons (Fsp3) is 0.636. The second-order valence-electron chi connectivity index (χ2n) is 4.66. The molecule has 0 aliphatic heterocycles. The molecule has 0 bridgehead atoms. The van der Waals surface area contributed by atoms with E-state index in [0.29, 0.717) is 18.7 Å². The van der Waals surface area contributed by atoms with Crippen LogP contribution in [0.1, 0.15) is 32.5 Å². The monoisotopic (exact) mass is 270 g/mol. The number of aliphatic carboxylic acids is 1. The summed E-state index contributed by atoms with van der Waals surface area (Å²) in [6.45, 7) is 4.98. The van der Waals surface area contributed by atoms with Crippen molar-refractivity contribution in [3.8, 4) is 0 Å². The van der Waals surface area contributed by atoms with Gasteiger partial charge < -0.3 is 20.5 Å². The number of nitro groups is 1. The molecule has 106 valence electrons. The van der Waals surface area contributed by atoms with Crippen LogP contribution in [-0.4, -0.2) is 31.1 Å². The molecule has 1 heterocycles. The molecule has 1 aromatic heterocycles. The molecular formula is C11H18N4O4.